The maximum Gasteiger partial charge on any atom is 0.0999 e. The van der Waals surface area contributed by atoms with Gasteiger partial charge in [0.1, 0.15) is 0 Å². The number of hydrogen-bond acceptors (Lipinski definition) is 8. The van der Waals surface area contributed by atoms with Crippen molar-refractivity contribution in [1.82, 2.24) is 14.1 Å². The van der Waals surface area contributed by atoms with Crippen LogP contribution in [0.4, 0.5) is 0 Å². The van der Waals surface area contributed by atoms with Crippen molar-refractivity contribution in [2.45, 2.75) is 0 Å². The first-order valence-corrected chi connectivity index (χ1v) is 19.8. The minimum absolute atomic E-state index is 0.222. The zero-order valence-corrected chi connectivity index (χ0v) is 33.3. The SMILES string of the molecule is N#Cc1cc(C#N)c(-c2ccc3c(c2)c2ccccc2n3-c2cccnc2-c2c(C#N)cccc2-n2c3ccccc3c3cc(-c4c(C#N)cc(C#N)cc4C#N)ccc32)c(C#N)c1. The number of aromatic nitrogens is 3. The monoisotopic (exact) mass is 812 g/mol. The number of nitrogens with zero attached hydrogens (tertiary/aromatic N) is 10. The molecule has 0 spiro atoms. The third-order valence-corrected chi connectivity index (χ3v) is 11.6. The zero-order chi connectivity index (χ0) is 44.1. The molecule has 10 rings (SSSR count). The van der Waals surface area contributed by atoms with E-state index in [0.29, 0.717) is 50.4 Å². The Kier molecular flexibility index (Phi) is 8.94. The van der Waals surface area contributed by atoms with E-state index in [1.165, 1.54) is 24.3 Å². The summed E-state index contributed by atoms with van der Waals surface area (Å²) in [4.78, 5) is 5.02. The molecule has 0 saturated heterocycles. The minimum Gasteiger partial charge on any atom is -0.309 e. The largest absolute Gasteiger partial charge is 0.309 e. The van der Waals surface area contributed by atoms with E-state index in [0.717, 1.165) is 43.6 Å². The number of benzene rings is 7. The summed E-state index contributed by atoms with van der Waals surface area (Å²) in [6, 6.07) is 58.0. The molecule has 0 radical (unpaired) electrons. The van der Waals surface area contributed by atoms with Gasteiger partial charge in [-0.25, -0.2) is 0 Å². The fraction of sp³-hybridized carbons (Fsp3) is 0. The number of hydrogen-bond donors (Lipinski definition) is 0. The van der Waals surface area contributed by atoms with E-state index in [4.69, 9.17) is 4.98 Å². The van der Waals surface area contributed by atoms with E-state index >= 15 is 0 Å². The standard InChI is InChI=1S/C54H24N10/c55-25-32-19-37(28-58)51(38(20-32)29-59)34-14-16-47-43(23-34)41-8-1-3-10-45(41)63(47)49-12-5-7-36(27-57)53(49)54-50(13-6-18-62-54)64-46-11-4-2-9-42(46)44-24-35(15-17-48(44)64)52-39(30-60)21-33(26-56)22-40(52)31-61/h1-24H. The Morgan fingerprint density at radius 1 is 0.344 bits per heavy atom. The molecule has 7 aromatic carbocycles. The van der Waals surface area contributed by atoms with Gasteiger partial charge in [0, 0.05) is 44.4 Å². The van der Waals surface area contributed by atoms with Crippen molar-refractivity contribution in [2.75, 3.05) is 0 Å². The highest BCUT2D eigenvalue weighted by Crippen LogP contribution is 2.43. The van der Waals surface area contributed by atoms with Crippen molar-refractivity contribution < 1.29 is 0 Å². The summed E-state index contributed by atoms with van der Waals surface area (Å²) in [5.41, 5.74) is 9.82. The molecule has 0 N–H and O–H groups in total. The zero-order valence-electron chi connectivity index (χ0n) is 33.3. The van der Waals surface area contributed by atoms with E-state index in [9.17, 15) is 36.8 Å². The van der Waals surface area contributed by atoms with Crippen LogP contribution in [0.15, 0.2) is 146 Å². The lowest BCUT2D eigenvalue weighted by Crippen LogP contribution is -2.04. The van der Waals surface area contributed by atoms with Crippen LogP contribution in [-0.2, 0) is 0 Å². The van der Waals surface area contributed by atoms with Crippen LogP contribution in [0.5, 0.6) is 0 Å². The van der Waals surface area contributed by atoms with Crippen molar-refractivity contribution in [3.05, 3.63) is 185 Å². The predicted molar refractivity (Wildman–Crippen MR) is 242 cm³/mol. The minimum atomic E-state index is 0.222. The highest BCUT2D eigenvalue weighted by Gasteiger charge is 2.25. The van der Waals surface area contributed by atoms with E-state index in [-0.39, 0.29) is 33.4 Å². The summed E-state index contributed by atoms with van der Waals surface area (Å²) in [6.45, 7) is 0. The van der Waals surface area contributed by atoms with Crippen LogP contribution in [-0.4, -0.2) is 14.1 Å². The number of rotatable bonds is 5. The summed E-state index contributed by atoms with van der Waals surface area (Å²) in [6.07, 6.45) is 1.70. The summed E-state index contributed by atoms with van der Waals surface area (Å²) in [7, 11) is 0. The average molecular weight is 813 g/mol. The molecule has 0 aliphatic heterocycles. The highest BCUT2D eigenvalue weighted by molar-refractivity contribution is 6.13. The van der Waals surface area contributed by atoms with E-state index in [2.05, 4.69) is 39.5 Å². The van der Waals surface area contributed by atoms with Gasteiger partial charge in [0.15, 0.2) is 0 Å². The smallest absolute Gasteiger partial charge is 0.0999 e. The molecule has 0 saturated carbocycles. The third-order valence-electron chi connectivity index (χ3n) is 11.6. The first kappa shape index (κ1) is 38.0. The molecule has 10 aromatic rings. The van der Waals surface area contributed by atoms with E-state index in [1.54, 1.807) is 12.3 Å². The summed E-state index contributed by atoms with van der Waals surface area (Å²) in [5.74, 6) is 0. The molecule has 64 heavy (non-hydrogen) atoms. The predicted octanol–water partition coefficient (Wildman–Crippen LogP) is 11.4. The Morgan fingerprint density at radius 2 is 0.781 bits per heavy atom. The van der Waals surface area contributed by atoms with Crippen LogP contribution < -0.4 is 0 Å². The highest BCUT2D eigenvalue weighted by atomic mass is 15.0. The molecule has 0 unspecified atom stereocenters. The molecular formula is C54H24N10. The molecule has 0 bridgehead atoms. The molecule has 0 aliphatic carbocycles. The fourth-order valence-corrected chi connectivity index (χ4v) is 9.00. The van der Waals surface area contributed by atoms with Crippen LogP contribution in [0, 0.1) is 79.3 Å². The molecule has 0 amide bonds. The first-order valence-electron chi connectivity index (χ1n) is 19.8. The molecule has 10 heteroatoms. The van der Waals surface area contributed by atoms with Crippen molar-refractivity contribution in [1.29, 1.82) is 36.8 Å². The maximum atomic E-state index is 10.8. The van der Waals surface area contributed by atoms with Crippen molar-refractivity contribution in [3.63, 3.8) is 0 Å². The van der Waals surface area contributed by atoms with Crippen LogP contribution in [0.2, 0.25) is 0 Å². The number of nitriles is 7. The Labute approximate surface area is 365 Å². The molecule has 10 nitrogen and oxygen atoms in total. The van der Waals surface area contributed by atoms with E-state index < -0.39 is 0 Å². The molecule has 0 aliphatic rings. The van der Waals surface area contributed by atoms with Gasteiger partial charge in [-0.15, -0.1) is 0 Å². The second kappa shape index (κ2) is 15.1. The Hall–Kier alpha value is -10.3. The van der Waals surface area contributed by atoms with Gasteiger partial charge in [-0.05, 0) is 96.1 Å². The lowest BCUT2D eigenvalue weighted by Gasteiger charge is -2.18. The Balaban J connectivity index is 1.22. The Bertz CT molecular complexity index is 3930. The summed E-state index contributed by atoms with van der Waals surface area (Å²) < 4.78 is 4.22. The van der Waals surface area contributed by atoms with Gasteiger partial charge in [0.2, 0.25) is 0 Å². The second-order valence-electron chi connectivity index (χ2n) is 14.9. The molecule has 0 atom stereocenters. The normalized spacial score (nSPS) is 10.7. The first-order chi connectivity index (χ1) is 31.4. The molecule has 290 valence electrons. The number of pyridine rings is 1. The molecule has 3 aromatic heterocycles. The fourth-order valence-electron chi connectivity index (χ4n) is 9.00. The van der Waals surface area contributed by atoms with Crippen molar-refractivity contribution in [2.24, 2.45) is 0 Å². The lowest BCUT2D eigenvalue weighted by atomic mass is 9.92. The summed E-state index contributed by atoms with van der Waals surface area (Å²) >= 11 is 0. The molecular weight excluding hydrogens is 789 g/mol. The van der Waals surface area contributed by atoms with Crippen LogP contribution in [0.1, 0.15) is 38.9 Å². The van der Waals surface area contributed by atoms with Crippen molar-refractivity contribution >= 4 is 43.6 Å². The summed E-state index contributed by atoms with van der Waals surface area (Å²) in [5, 5.41) is 74.0. The van der Waals surface area contributed by atoms with Crippen LogP contribution >= 0.6 is 0 Å². The third kappa shape index (κ3) is 5.70. The van der Waals surface area contributed by atoms with Gasteiger partial charge in [0.05, 0.1) is 121 Å². The quantitative estimate of drug-likeness (QED) is 0.164. The van der Waals surface area contributed by atoms with E-state index in [1.807, 2.05) is 121 Å². The van der Waals surface area contributed by atoms with Gasteiger partial charge in [0.25, 0.3) is 0 Å². The van der Waals surface area contributed by atoms with Gasteiger partial charge < -0.3 is 9.13 Å². The number of fused-ring (bicyclic) bond motifs is 6. The topological polar surface area (TPSA) is 189 Å². The second-order valence-corrected chi connectivity index (χ2v) is 14.9. The van der Waals surface area contributed by atoms with Gasteiger partial charge in [-0.1, -0.05) is 54.6 Å². The average Bonchev–Trinajstić information content (AvgIpc) is 3.87. The van der Waals surface area contributed by atoms with Crippen LogP contribution in [0.25, 0.3) is 88.5 Å². The molecule has 0 fully saturated rings. The maximum absolute atomic E-state index is 10.8. The van der Waals surface area contributed by atoms with Gasteiger partial charge in [-0.2, -0.15) is 36.8 Å². The number of para-hydroxylation sites is 2. The lowest BCUT2D eigenvalue weighted by molar-refractivity contribution is 1.12. The van der Waals surface area contributed by atoms with Gasteiger partial charge in [-0.3, -0.25) is 4.98 Å². The van der Waals surface area contributed by atoms with Crippen molar-refractivity contribution in [3.8, 4) is 87.4 Å². The van der Waals surface area contributed by atoms with Gasteiger partial charge >= 0.3 is 0 Å². The van der Waals surface area contributed by atoms with Crippen LogP contribution in [0.3, 0.4) is 0 Å². The molecule has 3 heterocycles. The Morgan fingerprint density at radius 3 is 1.25 bits per heavy atom.